The van der Waals surface area contributed by atoms with Gasteiger partial charge in [0.25, 0.3) is 0 Å². The number of Topliss-reactive ketones (excluding diaryl/α,β-unsaturated/α-hetero) is 1. The minimum absolute atomic E-state index is 0.0125. The maximum atomic E-state index is 13.7. The Morgan fingerprint density at radius 1 is 0.824 bits per heavy atom. The molecule has 0 radical (unpaired) electrons. The van der Waals surface area contributed by atoms with Gasteiger partial charge in [0.1, 0.15) is 5.75 Å². The highest BCUT2D eigenvalue weighted by atomic mass is 35.5. The summed E-state index contributed by atoms with van der Waals surface area (Å²) in [5.74, 6) is 0.155. The summed E-state index contributed by atoms with van der Waals surface area (Å²) in [5.41, 5.74) is 3.81. The van der Waals surface area contributed by atoms with Gasteiger partial charge in [-0.15, -0.1) is 0 Å². The number of ketones is 1. The average Bonchev–Trinajstić information content (AvgIpc) is 2.84. The van der Waals surface area contributed by atoms with Crippen LogP contribution in [0.2, 0.25) is 10.0 Å². The third kappa shape index (κ3) is 4.02. The number of carbonyl (C=O) groups excluding carboxylic acids is 2. The number of methoxy groups -OCH3 is 1. The quantitative estimate of drug-likeness (QED) is 0.397. The number of nitrogens with zero attached hydrogens (tertiary/aromatic N) is 1. The van der Waals surface area contributed by atoms with Crippen molar-refractivity contribution in [3.05, 3.63) is 105 Å². The molecular formula is C28H23Cl2NO3. The van der Waals surface area contributed by atoms with Gasteiger partial charge in [0.2, 0.25) is 5.91 Å². The SMILES string of the molecule is COc1ccc(N2C(=O)CC(c3c(Cl)cccc3Cl)C3=C2CC(c2ccccc2)CC3=O)cc1. The largest absolute Gasteiger partial charge is 0.497 e. The topological polar surface area (TPSA) is 46.6 Å². The number of halogens is 2. The summed E-state index contributed by atoms with van der Waals surface area (Å²) in [6, 6.07) is 22.6. The maximum Gasteiger partial charge on any atom is 0.232 e. The van der Waals surface area contributed by atoms with E-state index in [9.17, 15) is 9.59 Å². The number of carbonyl (C=O) groups is 2. The van der Waals surface area contributed by atoms with Crippen LogP contribution in [0.15, 0.2) is 84.1 Å². The zero-order valence-electron chi connectivity index (χ0n) is 18.6. The second-order valence-electron chi connectivity index (χ2n) is 8.62. The van der Waals surface area contributed by atoms with Crippen LogP contribution >= 0.6 is 23.2 Å². The summed E-state index contributed by atoms with van der Waals surface area (Å²) in [7, 11) is 1.60. The minimum atomic E-state index is -0.470. The van der Waals surface area contributed by atoms with Crippen molar-refractivity contribution in [1.82, 2.24) is 0 Å². The first-order chi connectivity index (χ1) is 16.5. The summed E-state index contributed by atoms with van der Waals surface area (Å²) >= 11 is 13.1. The van der Waals surface area contributed by atoms with Crippen LogP contribution in [0.4, 0.5) is 5.69 Å². The van der Waals surface area contributed by atoms with E-state index in [-0.39, 0.29) is 24.0 Å². The van der Waals surface area contributed by atoms with Crippen LogP contribution in [0.5, 0.6) is 5.75 Å². The van der Waals surface area contributed by atoms with E-state index in [4.69, 9.17) is 27.9 Å². The van der Waals surface area contributed by atoms with Crippen LogP contribution in [0.3, 0.4) is 0 Å². The summed E-state index contributed by atoms with van der Waals surface area (Å²) in [4.78, 5) is 29.0. The van der Waals surface area contributed by atoms with Crippen molar-refractivity contribution in [3.63, 3.8) is 0 Å². The third-order valence-electron chi connectivity index (χ3n) is 6.68. The van der Waals surface area contributed by atoms with Gasteiger partial charge < -0.3 is 4.74 Å². The first-order valence-corrected chi connectivity index (χ1v) is 12.0. The molecule has 0 saturated heterocycles. The minimum Gasteiger partial charge on any atom is -0.497 e. The van der Waals surface area contributed by atoms with E-state index < -0.39 is 5.92 Å². The zero-order valence-corrected chi connectivity index (χ0v) is 20.1. The highest BCUT2D eigenvalue weighted by Gasteiger charge is 2.43. The molecule has 0 fully saturated rings. The molecule has 1 amide bonds. The van der Waals surface area contributed by atoms with Gasteiger partial charge in [0.05, 0.1) is 7.11 Å². The van der Waals surface area contributed by atoms with Gasteiger partial charge >= 0.3 is 0 Å². The van der Waals surface area contributed by atoms with E-state index in [1.807, 2.05) is 54.6 Å². The van der Waals surface area contributed by atoms with E-state index in [2.05, 4.69) is 0 Å². The fourth-order valence-electron chi connectivity index (χ4n) is 5.12. The molecule has 0 saturated carbocycles. The molecule has 4 nitrogen and oxygen atoms in total. The fraction of sp³-hybridized carbons (Fsp3) is 0.214. The lowest BCUT2D eigenvalue weighted by molar-refractivity contribution is -0.120. The van der Waals surface area contributed by atoms with Crippen molar-refractivity contribution in [2.75, 3.05) is 12.0 Å². The van der Waals surface area contributed by atoms with Crippen molar-refractivity contribution < 1.29 is 14.3 Å². The molecular weight excluding hydrogens is 469 g/mol. The first kappa shape index (κ1) is 22.7. The van der Waals surface area contributed by atoms with Gasteiger partial charge in [-0.2, -0.15) is 0 Å². The molecule has 5 rings (SSSR count). The highest BCUT2D eigenvalue weighted by Crippen LogP contribution is 2.49. The molecule has 172 valence electrons. The van der Waals surface area contributed by atoms with Crippen LogP contribution in [-0.4, -0.2) is 18.8 Å². The van der Waals surface area contributed by atoms with E-state index in [1.54, 1.807) is 30.2 Å². The number of hydrogen-bond acceptors (Lipinski definition) is 3. The average molecular weight is 492 g/mol. The van der Waals surface area contributed by atoms with Crippen molar-refractivity contribution in [1.29, 1.82) is 0 Å². The Morgan fingerprint density at radius 3 is 2.15 bits per heavy atom. The molecule has 3 aromatic rings. The summed E-state index contributed by atoms with van der Waals surface area (Å²) in [5, 5.41) is 0.932. The lowest BCUT2D eigenvalue weighted by Crippen LogP contribution is -2.42. The van der Waals surface area contributed by atoms with Crippen molar-refractivity contribution in [2.45, 2.75) is 31.1 Å². The number of benzene rings is 3. The zero-order chi connectivity index (χ0) is 23.8. The lowest BCUT2D eigenvalue weighted by atomic mass is 9.72. The molecule has 2 unspecified atom stereocenters. The van der Waals surface area contributed by atoms with Gasteiger partial charge in [-0.3, -0.25) is 14.5 Å². The summed E-state index contributed by atoms with van der Waals surface area (Å²) in [6.07, 6.45) is 1.07. The Hall–Kier alpha value is -3.08. The number of allylic oxidation sites excluding steroid dienone is 2. The van der Waals surface area contributed by atoms with Crippen LogP contribution in [0.25, 0.3) is 0 Å². The third-order valence-corrected chi connectivity index (χ3v) is 7.34. The molecule has 0 N–H and O–H groups in total. The molecule has 2 atom stereocenters. The molecule has 0 spiro atoms. The Bertz CT molecular complexity index is 1260. The number of amides is 1. The van der Waals surface area contributed by atoms with Crippen LogP contribution in [0, 0.1) is 0 Å². The van der Waals surface area contributed by atoms with Gasteiger partial charge in [-0.25, -0.2) is 0 Å². The van der Waals surface area contributed by atoms with Gasteiger partial charge in [-0.1, -0.05) is 59.6 Å². The number of ether oxygens (including phenoxy) is 1. The van der Waals surface area contributed by atoms with E-state index in [0.717, 1.165) is 11.3 Å². The molecule has 3 aromatic carbocycles. The second-order valence-corrected chi connectivity index (χ2v) is 9.43. The van der Waals surface area contributed by atoms with E-state index >= 15 is 0 Å². The van der Waals surface area contributed by atoms with E-state index in [1.165, 1.54) is 0 Å². The van der Waals surface area contributed by atoms with Crippen LogP contribution in [0.1, 0.15) is 42.2 Å². The Labute approximate surface area is 208 Å². The molecule has 0 bridgehead atoms. The van der Waals surface area contributed by atoms with Crippen molar-refractivity contribution in [3.8, 4) is 5.75 Å². The smallest absolute Gasteiger partial charge is 0.232 e. The lowest BCUT2D eigenvalue weighted by Gasteiger charge is -2.41. The predicted octanol–water partition coefficient (Wildman–Crippen LogP) is 6.92. The first-order valence-electron chi connectivity index (χ1n) is 11.2. The van der Waals surface area contributed by atoms with Crippen molar-refractivity contribution in [2.24, 2.45) is 0 Å². The molecule has 34 heavy (non-hydrogen) atoms. The van der Waals surface area contributed by atoms with Crippen LogP contribution < -0.4 is 9.64 Å². The Morgan fingerprint density at radius 2 is 1.50 bits per heavy atom. The van der Waals surface area contributed by atoms with Gasteiger partial charge in [0, 0.05) is 45.8 Å². The predicted molar refractivity (Wildman–Crippen MR) is 135 cm³/mol. The van der Waals surface area contributed by atoms with Gasteiger partial charge in [0.15, 0.2) is 5.78 Å². The normalized spacial score (nSPS) is 20.4. The Kier molecular flexibility index (Phi) is 6.20. The van der Waals surface area contributed by atoms with E-state index in [0.29, 0.717) is 45.5 Å². The summed E-state index contributed by atoms with van der Waals surface area (Å²) in [6.45, 7) is 0. The number of anilines is 1. The number of rotatable bonds is 4. The monoisotopic (exact) mass is 491 g/mol. The molecule has 1 heterocycles. The fourth-order valence-corrected chi connectivity index (χ4v) is 5.78. The standard InChI is InChI=1S/C28H23Cl2NO3/c1-34-20-12-10-19(11-13-20)31-24-14-18(17-6-3-2-4-7-17)15-25(32)28(24)21(16-26(31)33)27-22(29)8-5-9-23(27)30/h2-13,18,21H,14-16H2,1H3. The summed E-state index contributed by atoms with van der Waals surface area (Å²) < 4.78 is 5.28. The molecule has 1 aliphatic carbocycles. The number of hydrogen-bond donors (Lipinski definition) is 0. The highest BCUT2D eigenvalue weighted by molar-refractivity contribution is 6.36. The van der Waals surface area contributed by atoms with Gasteiger partial charge in [-0.05, 0) is 59.9 Å². The second kappa shape index (κ2) is 9.28. The Balaban J connectivity index is 1.67. The van der Waals surface area contributed by atoms with Crippen molar-refractivity contribution >= 4 is 40.6 Å². The van der Waals surface area contributed by atoms with Crippen LogP contribution in [-0.2, 0) is 9.59 Å². The molecule has 6 heteroatoms. The molecule has 1 aliphatic heterocycles. The molecule has 0 aromatic heterocycles. The molecule has 2 aliphatic rings. The maximum absolute atomic E-state index is 13.7.